The first-order valence-electron chi connectivity index (χ1n) is 7.08. The summed E-state index contributed by atoms with van der Waals surface area (Å²) in [6, 6.07) is 4.40. The van der Waals surface area contributed by atoms with E-state index in [1.807, 2.05) is 19.0 Å². The third-order valence-corrected chi connectivity index (χ3v) is 3.61. The van der Waals surface area contributed by atoms with Gasteiger partial charge in [0.2, 0.25) is 6.10 Å². The van der Waals surface area contributed by atoms with Gasteiger partial charge in [-0.25, -0.2) is 4.39 Å². The van der Waals surface area contributed by atoms with Crippen LogP contribution in [0, 0.1) is 5.82 Å². The van der Waals surface area contributed by atoms with Gasteiger partial charge in [0, 0.05) is 13.0 Å². The highest BCUT2D eigenvalue weighted by atomic mass is 35.5. The summed E-state index contributed by atoms with van der Waals surface area (Å²) < 4.78 is 13.8. The lowest BCUT2D eigenvalue weighted by Gasteiger charge is -2.12. The van der Waals surface area contributed by atoms with E-state index in [1.54, 1.807) is 6.07 Å². The summed E-state index contributed by atoms with van der Waals surface area (Å²) in [7, 11) is 3.94. The Morgan fingerprint density at radius 3 is 3.00 bits per heavy atom. The highest BCUT2D eigenvalue weighted by Gasteiger charge is 2.30. The molecule has 22 heavy (non-hydrogen) atoms. The van der Waals surface area contributed by atoms with Crippen LogP contribution < -0.4 is 5.32 Å². The number of hydrogen-bond acceptors (Lipinski definition) is 4. The first kappa shape index (κ1) is 16.7. The van der Waals surface area contributed by atoms with Crippen LogP contribution >= 0.6 is 11.6 Å². The highest BCUT2D eigenvalue weighted by Crippen LogP contribution is 2.25. The quantitative estimate of drug-likeness (QED) is 0.814. The van der Waals surface area contributed by atoms with Gasteiger partial charge in [-0.3, -0.25) is 4.79 Å². The van der Waals surface area contributed by atoms with Crippen LogP contribution in [0.15, 0.2) is 23.4 Å². The molecule has 5 nitrogen and oxygen atoms in total. The zero-order chi connectivity index (χ0) is 16.1. The Labute approximate surface area is 134 Å². The summed E-state index contributed by atoms with van der Waals surface area (Å²) in [4.78, 5) is 19.1. The van der Waals surface area contributed by atoms with E-state index >= 15 is 0 Å². The van der Waals surface area contributed by atoms with Crippen LogP contribution in [0.4, 0.5) is 4.39 Å². The molecule has 0 aromatic heterocycles. The molecule has 1 atom stereocenters. The zero-order valence-corrected chi connectivity index (χ0v) is 13.4. The van der Waals surface area contributed by atoms with E-state index in [9.17, 15) is 9.18 Å². The Bertz CT molecular complexity index is 558. The van der Waals surface area contributed by atoms with Crippen molar-refractivity contribution in [2.24, 2.45) is 5.16 Å². The minimum Gasteiger partial charge on any atom is -0.382 e. The molecule has 0 aliphatic carbocycles. The molecule has 0 unspecified atom stereocenters. The Kier molecular flexibility index (Phi) is 5.74. The molecule has 1 amide bonds. The topological polar surface area (TPSA) is 53.9 Å². The van der Waals surface area contributed by atoms with E-state index in [0.29, 0.717) is 12.3 Å². The van der Waals surface area contributed by atoms with Crippen molar-refractivity contribution < 1.29 is 14.0 Å². The lowest BCUT2D eigenvalue weighted by atomic mass is 10.0. The Hall–Kier alpha value is -1.66. The van der Waals surface area contributed by atoms with Crippen molar-refractivity contribution in [3.63, 3.8) is 0 Å². The molecule has 0 saturated heterocycles. The fraction of sp³-hybridized carbons (Fsp3) is 0.467. The number of hydrogen-bond donors (Lipinski definition) is 1. The average molecular weight is 328 g/mol. The summed E-state index contributed by atoms with van der Waals surface area (Å²) in [6.07, 6.45) is 0.323. The summed E-state index contributed by atoms with van der Waals surface area (Å²) in [5.74, 6) is -0.716. The van der Waals surface area contributed by atoms with Gasteiger partial charge in [-0.1, -0.05) is 22.8 Å². The van der Waals surface area contributed by atoms with E-state index in [0.717, 1.165) is 13.0 Å². The molecule has 1 aliphatic heterocycles. The monoisotopic (exact) mass is 327 g/mol. The summed E-state index contributed by atoms with van der Waals surface area (Å²) in [5.41, 5.74) is 0.559. The van der Waals surface area contributed by atoms with E-state index < -0.39 is 11.9 Å². The van der Waals surface area contributed by atoms with Crippen LogP contribution in [0.1, 0.15) is 18.4 Å². The fourth-order valence-electron chi connectivity index (χ4n) is 2.16. The van der Waals surface area contributed by atoms with Gasteiger partial charge in [0.05, 0.1) is 16.3 Å². The third kappa shape index (κ3) is 4.18. The first-order chi connectivity index (χ1) is 10.5. The number of carbonyl (C=O) groups excluding carboxylic acids is 1. The van der Waals surface area contributed by atoms with Crippen molar-refractivity contribution >= 4 is 23.2 Å². The lowest BCUT2D eigenvalue weighted by Crippen LogP contribution is -2.36. The van der Waals surface area contributed by atoms with Gasteiger partial charge in [-0.15, -0.1) is 0 Å². The normalized spacial score (nSPS) is 17.3. The molecule has 1 aliphatic rings. The average Bonchev–Trinajstić information content (AvgIpc) is 2.92. The predicted octanol–water partition coefficient (Wildman–Crippen LogP) is 2.04. The second-order valence-electron chi connectivity index (χ2n) is 5.38. The molecule has 0 spiro atoms. The molecule has 7 heteroatoms. The van der Waals surface area contributed by atoms with Gasteiger partial charge < -0.3 is 15.1 Å². The number of nitrogens with one attached hydrogen (secondary N) is 1. The number of halogens is 2. The van der Waals surface area contributed by atoms with Gasteiger partial charge in [-0.05, 0) is 39.2 Å². The maximum Gasteiger partial charge on any atom is 0.264 e. The molecular formula is C15H19ClFN3O2. The summed E-state index contributed by atoms with van der Waals surface area (Å²) >= 11 is 5.99. The van der Waals surface area contributed by atoms with Crippen molar-refractivity contribution in [1.29, 1.82) is 0 Å². The van der Waals surface area contributed by atoms with Gasteiger partial charge in [-0.2, -0.15) is 0 Å². The third-order valence-electron chi connectivity index (χ3n) is 3.29. The number of oxime groups is 1. The van der Waals surface area contributed by atoms with Gasteiger partial charge >= 0.3 is 0 Å². The molecule has 1 aromatic carbocycles. The lowest BCUT2D eigenvalue weighted by molar-refractivity contribution is -0.131. The SMILES string of the molecule is CN(C)CCCNC(=O)[C@@H]1CC(c2c(F)cccc2Cl)=NO1. The maximum atomic E-state index is 13.8. The minimum atomic E-state index is -0.731. The standard InChI is InChI=1S/C15H19ClFN3O2/c1-20(2)8-4-7-18-15(21)13-9-12(19-22-13)14-10(16)5-3-6-11(14)17/h3,5-6,13H,4,7-9H2,1-2H3,(H,18,21)/t13-/m0/s1. The molecule has 0 bridgehead atoms. The predicted molar refractivity (Wildman–Crippen MR) is 83.6 cm³/mol. The molecule has 0 fully saturated rings. The van der Waals surface area contributed by atoms with E-state index in [2.05, 4.69) is 10.5 Å². The Morgan fingerprint density at radius 1 is 1.55 bits per heavy atom. The second-order valence-corrected chi connectivity index (χ2v) is 5.79. The smallest absolute Gasteiger partial charge is 0.264 e. The molecular weight excluding hydrogens is 309 g/mol. The second kappa shape index (κ2) is 7.56. The summed E-state index contributed by atoms with van der Waals surface area (Å²) in [5, 5.41) is 6.86. The van der Waals surface area contributed by atoms with Crippen molar-refractivity contribution in [2.75, 3.05) is 27.2 Å². The Balaban J connectivity index is 1.88. The van der Waals surface area contributed by atoms with Crippen LogP contribution in [0.3, 0.4) is 0 Å². The summed E-state index contributed by atoms with van der Waals surface area (Å²) in [6.45, 7) is 1.45. The minimum absolute atomic E-state index is 0.201. The number of nitrogens with zero attached hydrogens (tertiary/aromatic N) is 2. The first-order valence-corrected chi connectivity index (χ1v) is 7.46. The van der Waals surface area contributed by atoms with Gasteiger partial charge in [0.15, 0.2) is 0 Å². The number of rotatable bonds is 6. The van der Waals surface area contributed by atoms with E-state index in [4.69, 9.17) is 16.4 Å². The van der Waals surface area contributed by atoms with Crippen LogP contribution in [-0.2, 0) is 9.63 Å². The maximum absolute atomic E-state index is 13.8. The van der Waals surface area contributed by atoms with Gasteiger partial charge in [0.1, 0.15) is 5.82 Å². The van der Waals surface area contributed by atoms with Crippen molar-refractivity contribution in [1.82, 2.24) is 10.2 Å². The van der Waals surface area contributed by atoms with Crippen molar-refractivity contribution in [3.8, 4) is 0 Å². The van der Waals surface area contributed by atoms with Crippen molar-refractivity contribution in [3.05, 3.63) is 34.6 Å². The molecule has 2 rings (SSSR count). The molecule has 1 aromatic rings. The molecule has 0 saturated carbocycles. The largest absolute Gasteiger partial charge is 0.382 e. The van der Waals surface area contributed by atoms with E-state index in [1.165, 1.54) is 12.1 Å². The molecule has 0 radical (unpaired) electrons. The fourth-order valence-corrected chi connectivity index (χ4v) is 2.43. The Morgan fingerprint density at radius 2 is 2.32 bits per heavy atom. The van der Waals surface area contributed by atoms with Crippen molar-refractivity contribution in [2.45, 2.75) is 18.9 Å². The number of carbonyl (C=O) groups is 1. The van der Waals surface area contributed by atoms with Crippen LogP contribution in [-0.4, -0.2) is 49.8 Å². The van der Waals surface area contributed by atoms with Gasteiger partial charge in [0.25, 0.3) is 5.91 Å². The number of amides is 1. The molecule has 1 N–H and O–H groups in total. The van der Waals surface area contributed by atoms with Crippen LogP contribution in [0.5, 0.6) is 0 Å². The van der Waals surface area contributed by atoms with Crippen LogP contribution in [0.2, 0.25) is 5.02 Å². The van der Waals surface area contributed by atoms with Crippen LogP contribution in [0.25, 0.3) is 0 Å². The molecule has 120 valence electrons. The number of benzene rings is 1. The molecule has 1 heterocycles. The highest BCUT2D eigenvalue weighted by molar-refractivity contribution is 6.34. The zero-order valence-electron chi connectivity index (χ0n) is 12.6. The van der Waals surface area contributed by atoms with E-state index in [-0.39, 0.29) is 22.9 Å².